The molecule has 0 spiro atoms. The van der Waals surface area contributed by atoms with E-state index >= 15 is 0 Å². The van der Waals surface area contributed by atoms with Crippen molar-refractivity contribution in [2.75, 3.05) is 0 Å². The maximum Gasteiger partial charge on any atom is 0.209 e. The van der Waals surface area contributed by atoms with Gasteiger partial charge >= 0.3 is 0 Å². The lowest BCUT2D eigenvalue weighted by Gasteiger charge is -2.06. The smallest absolute Gasteiger partial charge is 0.209 e. The first-order valence-corrected chi connectivity index (χ1v) is 14.3. The minimum absolute atomic E-state index is 0.0503. The van der Waals surface area contributed by atoms with E-state index in [2.05, 4.69) is 13.8 Å². The minimum Gasteiger partial charge on any atom is -0.218 e. The van der Waals surface area contributed by atoms with Crippen LogP contribution in [0.15, 0.2) is 35.4 Å². The van der Waals surface area contributed by atoms with Crippen molar-refractivity contribution in [1.82, 2.24) is 0 Å². The second-order valence-electron chi connectivity index (χ2n) is 7.85. The molecule has 0 aromatic carbocycles. The zero-order valence-corrected chi connectivity index (χ0v) is 21.8. The Bertz CT molecular complexity index is 1570. The van der Waals surface area contributed by atoms with Gasteiger partial charge in [0.1, 0.15) is 35.4 Å². The molecule has 9 heteroatoms. The Labute approximate surface area is 212 Å². The van der Waals surface area contributed by atoms with E-state index in [-0.39, 0.29) is 21.0 Å². The van der Waals surface area contributed by atoms with Gasteiger partial charge in [-0.15, -0.1) is 22.7 Å². The van der Waals surface area contributed by atoms with E-state index in [0.29, 0.717) is 31.0 Å². The number of thiophene rings is 2. The fraction of sp³-hybridized carbons (Fsp3) is 0.308. The monoisotopic (exact) mass is 518 g/mol. The van der Waals surface area contributed by atoms with Crippen molar-refractivity contribution in [2.45, 2.75) is 52.4 Å². The van der Waals surface area contributed by atoms with Crippen LogP contribution in [0.3, 0.4) is 0 Å². The summed E-state index contributed by atoms with van der Waals surface area (Å²) >= 11 is 2.27. The summed E-state index contributed by atoms with van der Waals surface area (Å²) in [5.41, 5.74) is 1.48. The highest BCUT2D eigenvalue weighted by atomic mass is 32.2. The summed E-state index contributed by atoms with van der Waals surface area (Å²) in [7, 11) is -3.91. The minimum atomic E-state index is -3.91. The number of rotatable bonds is 6. The fourth-order valence-electron chi connectivity index (χ4n) is 3.96. The highest BCUT2D eigenvalue weighted by Crippen LogP contribution is 2.45. The number of nitrogens with zero attached hydrogens (tertiary/aromatic N) is 4. The van der Waals surface area contributed by atoms with E-state index in [4.69, 9.17) is 0 Å². The van der Waals surface area contributed by atoms with Gasteiger partial charge in [0.2, 0.25) is 9.84 Å². The van der Waals surface area contributed by atoms with Crippen LogP contribution >= 0.6 is 22.7 Å². The molecule has 0 saturated heterocycles. The lowest BCUT2D eigenvalue weighted by Crippen LogP contribution is -2.13. The zero-order valence-electron chi connectivity index (χ0n) is 19.4. The van der Waals surface area contributed by atoms with Gasteiger partial charge in [-0.25, -0.2) is 8.42 Å². The third-order valence-electron chi connectivity index (χ3n) is 5.61. The molecule has 3 heterocycles. The number of nitriles is 4. The lowest BCUT2D eigenvalue weighted by atomic mass is 9.97. The summed E-state index contributed by atoms with van der Waals surface area (Å²) in [5, 5.41) is 37.0. The molecule has 0 unspecified atom stereocenters. The molecule has 176 valence electrons. The molecule has 6 nitrogen and oxygen atoms in total. The number of hydrogen-bond acceptors (Lipinski definition) is 8. The lowest BCUT2D eigenvalue weighted by molar-refractivity contribution is 0.615. The molecule has 0 amide bonds. The Hall–Kier alpha value is -3.47. The van der Waals surface area contributed by atoms with Gasteiger partial charge in [-0.1, -0.05) is 26.7 Å². The first-order valence-electron chi connectivity index (χ1n) is 11.1. The molecule has 3 rings (SSSR count). The van der Waals surface area contributed by atoms with Crippen LogP contribution < -0.4 is 18.1 Å². The van der Waals surface area contributed by atoms with Gasteiger partial charge in [-0.05, 0) is 61.1 Å². The topological polar surface area (TPSA) is 129 Å². The molecule has 0 bridgehead atoms. The van der Waals surface area contributed by atoms with Crippen molar-refractivity contribution in [2.24, 2.45) is 0 Å². The summed E-state index contributed by atoms with van der Waals surface area (Å²) < 4.78 is 30.1. The molecule has 1 aliphatic rings. The third kappa shape index (κ3) is 5.00. The second kappa shape index (κ2) is 11.3. The average Bonchev–Trinajstić information content (AvgIpc) is 3.55. The molecule has 2 aromatic heterocycles. The van der Waals surface area contributed by atoms with Crippen LogP contribution in [0, 0.1) is 45.3 Å². The second-order valence-corrected chi connectivity index (χ2v) is 11.8. The molecule has 0 atom stereocenters. The van der Waals surface area contributed by atoms with E-state index in [0.717, 1.165) is 59.5 Å². The van der Waals surface area contributed by atoms with Crippen LogP contribution in [0.1, 0.15) is 52.4 Å². The maximum absolute atomic E-state index is 14.1. The van der Waals surface area contributed by atoms with E-state index in [1.54, 1.807) is 24.3 Å². The van der Waals surface area contributed by atoms with Crippen LogP contribution in [-0.2, 0) is 9.84 Å². The van der Waals surface area contributed by atoms with Crippen LogP contribution in [0.25, 0.3) is 21.0 Å². The van der Waals surface area contributed by atoms with Crippen LogP contribution in [0.2, 0.25) is 0 Å². The van der Waals surface area contributed by atoms with Crippen molar-refractivity contribution >= 4 is 53.5 Å². The molecule has 2 aromatic rings. The fourth-order valence-corrected chi connectivity index (χ4v) is 8.67. The summed E-state index contributed by atoms with van der Waals surface area (Å²) in [6.45, 7) is 4.11. The van der Waals surface area contributed by atoms with E-state index in [9.17, 15) is 29.5 Å². The van der Waals surface area contributed by atoms with Crippen molar-refractivity contribution in [3.63, 3.8) is 0 Å². The molecule has 0 radical (unpaired) electrons. The molecule has 0 aliphatic carbocycles. The van der Waals surface area contributed by atoms with Crippen LogP contribution in [0.5, 0.6) is 0 Å². The maximum atomic E-state index is 14.1. The highest BCUT2D eigenvalue weighted by Gasteiger charge is 2.39. The van der Waals surface area contributed by atoms with Gasteiger partial charge in [-0.3, -0.25) is 0 Å². The standard InChI is InChI=1S/C26H22N4O2S3/c1-3-5-7-19-20(8-6-4-2)26(24-12-10-22(34-24)18(15-29)16-30)35(31,32)25(19)23-11-9-21(33-23)17(13-27)14-28/h9-12H,3-8H2,1-2H3/b25-23+,26-24+. The largest absolute Gasteiger partial charge is 0.218 e. The van der Waals surface area contributed by atoms with Crippen molar-refractivity contribution < 1.29 is 8.42 Å². The predicted octanol–water partition coefficient (Wildman–Crippen LogP) is 3.23. The highest BCUT2D eigenvalue weighted by molar-refractivity contribution is 8.09. The summed E-state index contributed by atoms with van der Waals surface area (Å²) in [5.74, 6) is 0. The van der Waals surface area contributed by atoms with Gasteiger partial charge in [0, 0.05) is 9.06 Å². The van der Waals surface area contributed by atoms with Gasteiger partial charge in [0.15, 0.2) is 0 Å². The van der Waals surface area contributed by atoms with Crippen LogP contribution in [0.4, 0.5) is 0 Å². The summed E-state index contributed by atoms with van der Waals surface area (Å²) in [4.78, 5) is 0.497. The van der Waals surface area contributed by atoms with E-state index in [1.165, 1.54) is 0 Å². The van der Waals surface area contributed by atoms with Gasteiger partial charge in [-0.2, -0.15) is 21.0 Å². The first kappa shape index (κ1) is 26.1. The van der Waals surface area contributed by atoms with Crippen molar-refractivity contribution in [3.8, 4) is 24.3 Å². The number of hydrogen-bond donors (Lipinski definition) is 0. The van der Waals surface area contributed by atoms with Crippen molar-refractivity contribution in [1.29, 1.82) is 21.0 Å². The Morgan fingerprint density at radius 2 is 1.09 bits per heavy atom. The van der Waals surface area contributed by atoms with E-state index in [1.807, 2.05) is 24.3 Å². The quantitative estimate of drug-likeness (QED) is 0.577. The molecular formula is C26H22N4O2S3. The Kier molecular flexibility index (Phi) is 8.44. The average molecular weight is 519 g/mol. The molecule has 35 heavy (non-hydrogen) atoms. The van der Waals surface area contributed by atoms with Gasteiger partial charge < -0.3 is 0 Å². The molecule has 0 saturated carbocycles. The Morgan fingerprint density at radius 1 is 0.714 bits per heavy atom. The molecule has 0 N–H and O–H groups in total. The normalized spacial score (nSPS) is 17.3. The van der Waals surface area contributed by atoms with Crippen molar-refractivity contribution in [3.05, 3.63) is 53.5 Å². The Balaban J connectivity index is 2.53. The Morgan fingerprint density at radius 3 is 1.40 bits per heavy atom. The predicted molar refractivity (Wildman–Crippen MR) is 138 cm³/mol. The SMILES string of the molecule is CCCCC1=C(CCCC)C(=c2/ccc(=C(C#N)C#N)s2)/S(=O)(=O)/C1=c1\ccc(=C(C#N)C#N)s1. The number of sulfone groups is 1. The first-order chi connectivity index (χ1) is 16.9. The number of unbranched alkanes of at least 4 members (excludes halogenated alkanes) is 2. The van der Waals surface area contributed by atoms with Crippen LogP contribution in [-0.4, -0.2) is 8.42 Å². The molecule has 0 fully saturated rings. The summed E-state index contributed by atoms with van der Waals surface area (Å²) in [6, 6.07) is 14.1. The van der Waals surface area contributed by atoms with E-state index < -0.39 is 9.84 Å². The zero-order chi connectivity index (χ0) is 25.6. The summed E-state index contributed by atoms with van der Waals surface area (Å²) in [6.07, 6.45) is 4.63. The third-order valence-corrected chi connectivity index (χ3v) is 10.1. The molecule has 1 aliphatic heterocycles. The van der Waals surface area contributed by atoms with Gasteiger partial charge in [0.25, 0.3) is 0 Å². The van der Waals surface area contributed by atoms with Gasteiger partial charge in [0.05, 0.1) is 18.9 Å². The molecular weight excluding hydrogens is 497 g/mol.